The van der Waals surface area contributed by atoms with Gasteiger partial charge in [-0.1, -0.05) is 84.2 Å². The van der Waals surface area contributed by atoms with Gasteiger partial charge in [0.1, 0.15) is 22.8 Å². The molecule has 6 atom stereocenters. The number of carbonyl (C=O) groups excluding carboxylic acids is 3. The van der Waals surface area contributed by atoms with Crippen LogP contribution in [0.3, 0.4) is 0 Å². The van der Waals surface area contributed by atoms with Gasteiger partial charge in [0, 0.05) is 102 Å². The number of nitrogens with two attached hydrogens (primary N) is 2. The summed E-state index contributed by atoms with van der Waals surface area (Å²) in [4.78, 5) is 63.7. The molecule has 3 fully saturated rings. The van der Waals surface area contributed by atoms with Gasteiger partial charge in [-0.2, -0.15) is 0 Å². The number of carboxylic acids is 1. The molecule has 21 heteroatoms. The highest BCUT2D eigenvalue weighted by molar-refractivity contribution is 9.11. The number of nitrogens with zero attached hydrogens (tertiary/aromatic N) is 5. The van der Waals surface area contributed by atoms with Gasteiger partial charge in [-0.25, -0.2) is 19.2 Å². The third-order valence-corrected chi connectivity index (χ3v) is 17.2. The number of halogens is 3. The highest BCUT2D eigenvalue weighted by Gasteiger charge is 2.44. The Bertz CT molecular complexity index is 3490. The minimum atomic E-state index is -1.00. The lowest BCUT2D eigenvalue weighted by Gasteiger charge is -2.28. The van der Waals surface area contributed by atoms with Crippen molar-refractivity contribution in [1.82, 2.24) is 14.7 Å². The van der Waals surface area contributed by atoms with Gasteiger partial charge in [0.25, 0.3) is 0 Å². The van der Waals surface area contributed by atoms with Crippen molar-refractivity contribution in [2.24, 2.45) is 27.7 Å². The molecule has 0 aromatic heterocycles. The molecule has 18 nitrogen and oxygen atoms in total. The van der Waals surface area contributed by atoms with E-state index < -0.39 is 34.9 Å². The maximum Gasteiger partial charge on any atom is 0.411 e. The Labute approximate surface area is 547 Å². The molecule has 3 saturated heterocycles. The zero-order chi connectivity index (χ0) is 64.9. The van der Waals surface area contributed by atoms with Crippen LogP contribution >= 0.6 is 47.8 Å². The molecule has 5 aliphatic heterocycles. The number of amides is 3. The van der Waals surface area contributed by atoms with E-state index in [0.717, 1.165) is 72.7 Å². The fourth-order valence-electron chi connectivity index (χ4n) is 12.0. The van der Waals surface area contributed by atoms with Crippen LogP contribution in [-0.2, 0) is 46.1 Å². The number of likely N-dealkylation sites (tertiary alicyclic amines) is 3. The SMILES string of the molecule is COCC1C[C@@H](C(=O)O)N(C(=O)OC(C)(C)C)C1.COC[C@@H]1C[C@@H](C2=Nc3ccc4cc(Br)ccc4c3C2)N(C(=O)OC(C)(C)C)C1.COC[C@H]1C[C@@H](C2=Nc3ccc4cc(Br)ccc4c3C2)N(C(=O)OC(C)(C)C)C1.Nc1ccc2cc(Br)ccc2c1N. The fraction of sp³-hybridized carbons (Fsp3) is 0.471. The molecule has 0 radical (unpaired) electrons. The van der Waals surface area contributed by atoms with Crippen LogP contribution in [0.25, 0.3) is 32.3 Å². The lowest BCUT2D eigenvalue weighted by Crippen LogP contribution is -2.43. The van der Waals surface area contributed by atoms with Gasteiger partial charge >= 0.3 is 24.2 Å². The molecular weight excluding hydrogens is 1330 g/mol. The van der Waals surface area contributed by atoms with Crippen molar-refractivity contribution in [2.75, 3.05) is 72.3 Å². The highest BCUT2D eigenvalue weighted by atomic mass is 79.9. The Balaban J connectivity index is 0.000000160. The molecule has 5 aliphatic rings. The number of carbonyl (C=O) groups is 4. The standard InChI is InChI=1S/2C23H27BrN2O3.C12H21NO5.C10H9BrN2/c2*1-23(2,3)29-22(27)26-12-14(13-28-4)9-21(26)20-11-18-17-7-6-16(24)10-15(17)5-8-19(18)25-20;1-12(2,3)18-11(16)13-6-8(7-17-4)5-9(13)10(14)15;11-7-2-3-8-6(5-7)1-4-9(12)10(8)13/h2*5-8,10,14,21H,9,11-13H2,1-4H3;8-9H,5-7H2,1-4H3,(H,14,15);1-5H,12-13H2/t14-,21+;14-,21-;8?,9-;/m100./s1. The van der Waals surface area contributed by atoms with E-state index in [0.29, 0.717) is 57.3 Å². The number of benzene rings is 6. The van der Waals surface area contributed by atoms with Gasteiger partial charge in [-0.05, 0) is 174 Å². The van der Waals surface area contributed by atoms with E-state index in [1.807, 2.05) is 81.7 Å². The quantitative estimate of drug-likeness (QED) is 0.0904. The van der Waals surface area contributed by atoms with E-state index in [2.05, 4.69) is 108 Å². The Morgan fingerprint density at radius 2 is 0.854 bits per heavy atom. The Morgan fingerprint density at radius 1 is 0.506 bits per heavy atom. The molecule has 89 heavy (non-hydrogen) atoms. The van der Waals surface area contributed by atoms with Crippen molar-refractivity contribution in [3.8, 4) is 0 Å². The number of hydrogen-bond donors (Lipinski definition) is 3. The smallest absolute Gasteiger partial charge is 0.411 e. The summed E-state index contributed by atoms with van der Waals surface area (Å²) in [6.07, 6.45) is 2.51. The molecule has 1 unspecified atom stereocenters. The van der Waals surface area contributed by atoms with Crippen LogP contribution in [0.5, 0.6) is 0 Å². The Morgan fingerprint density at radius 3 is 1.24 bits per heavy atom. The van der Waals surface area contributed by atoms with Crippen molar-refractivity contribution in [2.45, 2.75) is 129 Å². The predicted molar refractivity (Wildman–Crippen MR) is 363 cm³/mol. The minimum Gasteiger partial charge on any atom is -0.480 e. The summed E-state index contributed by atoms with van der Waals surface area (Å²) in [6, 6.07) is 29.9. The van der Waals surface area contributed by atoms with Gasteiger partial charge in [0.05, 0.1) is 54.7 Å². The van der Waals surface area contributed by atoms with E-state index >= 15 is 0 Å². The average Bonchev–Trinajstić information content (AvgIpc) is 1.76. The first-order valence-corrected chi connectivity index (χ1v) is 32.3. The Kier molecular flexibility index (Phi) is 22.2. The maximum atomic E-state index is 12.9. The van der Waals surface area contributed by atoms with Crippen molar-refractivity contribution >= 4 is 139 Å². The molecule has 5 N–H and O–H groups in total. The number of aliphatic imine (C=N–C) groups is 2. The van der Waals surface area contributed by atoms with E-state index in [4.69, 9.17) is 55.0 Å². The second-order valence-electron chi connectivity index (χ2n) is 26.3. The van der Waals surface area contributed by atoms with Crippen LogP contribution in [0.2, 0.25) is 0 Å². The van der Waals surface area contributed by atoms with Gasteiger partial charge in [-0.15, -0.1) is 0 Å². The summed E-state index contributed by atoms with van der Waals surface area (Å²) in [6.45, 7) is 20.0. The number of anilines is 2. The molecule has 6 aromatic carbocycles. The fourth-order valence-corrected chi connectivity index (χ4v) is 13.2. The topological polar surface area (TPSA) is 230 Å². The second-order valence-corrected chi connectivity index (χ2v) is 29.1. The summed E-state index contributed by atoms with van der Waals surface area (Å²) in [5.41, 5.74) is 17.7. The number of nitrogen functional groups attached to an aromatic ring is 2. The zero-order valence-electron chi connectivity index (χ0n) is 53.0. The number of hydrogen-bond acceptors (Lipinski definition) is 14. The van der Waals surface area contributed by atoms with Crippen molar-refractivity contribution in [3.63, 3.8) is 0 Å². The van der Waals surface area contributed by atoms with Crippen LogP contribution in [0.1, 0.15) is 92.7 Å². The molecule has 6 aromatic rings. The third kappa shape index (κ3) is 17.6. The van der Waals surface area contributed by atoms with E-state index in [9.17, 15) is 19.2 Å². The maximum absolute atomic E-state index is 12.9. The summed E-state index contributed by atoms with van der Waals surface area (Å²) >= 11 is 10.5. The molecule has 11 rings (SSSR count). The molecule has 0 bridgehead atoms. The van der Waals surface area contributed by atoms with Crippen LogP contribution in [0, 0.1) is 17.8 Å². The number of fused-ring (bicyclic) bond motifs is 7. The lowest BCUT2D eigenvalue weighted by molar-refractivity contribution is -0.142. The molecule has 0 spiro atoms. The molecule has 0 aliphatic carbocycles. The largest absolute Gasteiger partial charge is 0.480 e. The molecule has 5 heterocycles. The van der Waals surface area contributed by atoms with Gasteiger partial charge < -0.3 is 45.0 Å². The van der Waals surface area contributed by atoms with Crippen molar-refractivity contribution in [3.05, 3.63) is 116 Å². The Hall–Kier alpha value is -6.36. The first-order valence-electron chi connectivity index (χ1n) is 29.9. The highest BCUT2D eigenvalue weighted by Crippen LogP contribution is 2.41. The van der Waals surface area contributed by atoms with Gasteiger partial charge in [0.2, 0.25) is 0 Å². The van der Waals surface area contributed by atoms with Crippen LogP contribution in [0.4, 0.5) is 37.1 Å². The van der Waals surface area contributed by atoms with E-state index in [1.54, 1.807) is 42.1 Å². The number of carboxylic acid groups (broad SMARTS) is 1. The predicted octanol–water partition coefficient (Wildman–Crippen LogP) is 15.1. The van der Waals surface area contributed by atoms with E-state index in [-0.39, 0.29) is 42.0 Å². The number of methoxy groups -OCH3 is 3. The summed E-state index contributed by atoms with van der Waals surface area (Å²) in [7, 11) is 4.97. The first-order chi connectivity index (χ1) is 41.9. The number of aliphatic carboxylic acids is 1. The minimum absolute atomic E-state index is 0.0450. The van der Waals surface area contributed by atoms with Crippen molar-refractivity contribution < 1.29 is 52.7 Å². The second kappa shape index (κ2) is 28.9. The summed E-state index contributed by atoms with van der Waals surface area (Å²) < 4.78 is 35.5. The van der Waals surface area contributed by atoms with Gasteiger partial charge in [0.15, 0.2) is 0 Å². The van der Waals surface area contributed by atoms with Crippen molar-refractivity contribution in [1.29, 1.82) is 0 Å². The molecule has 0 saturated carbocycles. The zero-order valence-corrected chi connectivity index (χ0v) is 57.7. The molecular formula is C68H84Br3N7O11. The monoisotopic (exact) mass is 1410 g/mol. The molecule has 478 valence electrons. The third-order valence-electron chi connectivity index (χ3n) is 15.7. The van der Waals surface area contributed by atoms with Crippen LogP contribution in [-0.4, -0.2) is 151 Å². The summed E-state index contributed by atoms with van der Waals surface area (Å²) in [5, 5.41) is 16.1. The summed E-state index contributed by atoms with van der Waals surface area (Å²) in [5.74, 6) is -0.378. The lowest BCUT2D eigenvalue weighted by atomic mass is 9.96. The van der Waals surface area contributed by atoms with Crippen LogP contribution < -0.4 is 11.5 Å². The van der Waals surface area contributed by atoms with Gasteiger partial charge in [-0.3, -0.25) is 24.7 Å². The number of rotatable bonds is 9. The normalized spacial score (nSPS) is 20.4. The first kappa shape index (κ1) is 68.5. The average molecular weight is 1420 g/mol. The van der Waals surface area contributed by atoms with Crippen LogP contribution in [0.15, 0.2) is 114 Å². The molecule has 3 amide bonds. The van der Waals surface area contributed by atoms with E-state index in [1.165, 1.54) is 37.6 Å². The number of ether oxygens (including phenoxy) is 6.